The van der Waals surface area contributed by atoms with E-state index in [0.29, 0.717) is 23.5 Å². The van der Waals surface area contributed by atoms with Crippen LogP contribution in [0.2, 0.25) is 0 Å². The van der Waals surface area contributed by atoms with Crippen LogP contribution in [0.5, 0.6) is 11.5 Å². The summed E-state index contributed by atoms with van der Waals surface area (Å²) in [6, 6.07) is 20.7. The van der Waals surface area contributed by atoms with Gasteiger partial charge in [-0.2, -0.15) is 5.26 Å². The lowest BCUT2D eigenvalue weighted by atomic mass is 10.1. The normalized spacial score (nSPS) is 11.4. The number of halogens is 1. The zero-order valence-electron chi connectivity index (χ0n) is 18.0. The van der Waals surface area contributed by atoms with Gasteiger partial charge in [0, 0.05) is 23.7 Å². The molecule has 0 spiro atoms. The Morgan fingerprint density at radius 2 is 1.62 bits per heavy atom. The summed E-state index contributed by atoms with van der Waals surface area (Å²) in [4.78, 5) is 0. The minimum Gasteiger partial charge on any atom is -0.457 e. The van der Waals surface area contributed by atoms with Crippen molar-refractivity contribution in [1.82, 2.24) is 4.57 Å². The highest BCUT2D eigenvalue weighted by atomic mass is 19.1. The van der Waals surface area contributed by atoms with E-state index >= 15 is 0 Å². The fourth-order valence-electron chi connectivity index (χ4n) is 3.38. The van der Waals surface area contributed by atoms with E-state index in [1.165, 1.54) is 12.1 Å². The molecule has 0 aliphatic heterocycles. The molecule has 3 aromatic carbocycles. The summed E-state index contributed by atoms with van der Waals surface area (Å²) in [7, 11) is 0. The van der Waals surface area contributed by atoms with Gasteiger partial charge in [-0.3, -0.25) is 0 Å². The smallest absolute Gasteiger partial charge is 0.127 e. The van der Waals surface area contributed by atoms with Gasteiger partial charge in [-0.05, 0) is 66.2 Å². The second kappa shape index (κ2) is 10.6. The van der Waals surface area contributed by atoms with Crippen LogP contribution in [0.3, 0.4) is 0 Å². The number of benzene rings is 3. The number of aromatic nitrogens is 1. The maximum absolute atomic E-state index is 13.0. The largest absolute Gasteiger partial charge is 0.457 e. The van der Waals surface area contributed by atoms with E-state index in [0.717, 1.165) is 22.2 Å². The van der Waals surface area contributed by atoms with Gasteiger partial charge in [0.25, 0.3) is 0 Å². The predicted octanol–water partition coefficient (Wildman–Crippen LogP) is 5.36. The third-order valence-corrected chi connectivity index (χ3v) is 4.85. The molecule has 164 valence electrons. The molecule has 5 nitrogen and oxygen atoms in total. The van der Waals surface area contributed by atoms with E-state index in [2.05, 4.69) is 6.07 Å². The molecule has 0 fully saturated rings. The van der Waals surface area contributed by atoms with Gasteiger partial charge in [0.15, 0.2) is 0 Å². The fourth-order valence-corrected chi connectivity index (χ4v) is 3.38. The summed E-state index contributed by atoms with van der Waals surface area (Å²) in [5.41, 5.74) is 3.10. The summed E-state index contributed by atoms with van der Waals surface area (Å²) < 4.78 is 20.7. The highest BCUT2D eigenvalue weighted by molar-refractivity contribution is 5.87. The minimum atomic E-state index is -0.855. The van der Waals surface area contributed by atoms with Crippen LogP contribution in [-0.2, 0) is 6.42 Å². The third kappa shape index (κ3) is 5.14. The Morgan fingerprint density at radius 3 is 2.22 bits per heavy atom. The molecule has 4 rings (SSSR count). The molecule has 4 aromatic rings. The molecule has 6 heteroatoms. The molecule has 0 radical (unpaired) electrons. The Balaban J connectivity index is 0.00000141. The van der Waals surface area contributed by atoms with Crippen molar-refractivity contribution in [3.05, 3.63) is 89.9 Å². The first-order chi connectivity index (χ1) is 15.6. The first-order valence-corrected chi connectivity index (χ1v) is 10.4. The summed E-state index contributed by atoms with van der Waals surface area (Å²) in [6.45, 7) is 3.68. The molecule has 1 aromatic heterocycles. The number of rotatable bonds is 6. The van der Waals surface area contributed by atoms with Crippen LogP contribution < -0.4 is 4.74 Å². The zero-order chi connectivity index (χ0) is 23.1. The lowest BCUT2D eigenvalue weighted by Gasteiger charge is -2.09. The van der Waals surface area contributed by atoms with Crippen molar-refractivity contribution in [2.75, 3.05) is 6.61 Å². The van der Waals surface area contributed by atoms with Crippen molar-refractivity contribution in [3.8, 4) is 23.3 Å². The Bertz CT molecular complexity index is 1210. The minimum absolute atomic E-state index is 0.303. The summed E-state index contributed by atoms with van der Waals surface area (Å²) in [6.07, 6.45) is 1.35. The Kier molecular flexibility index (Phi) is 7.61. The quantitative estimate of drug-likeness (QED) is 0.430. The zero-order valence-corrected chi connectivity index (χ0v) is 18.0. The van der Waals surface area contributed by atoms with Crippen LogP contribution in [0.25, 0.3) is 16.6 Å². The molecular formula is C26H25FN2O3. The van der Waals surface area contributed by atoms with E-state index in [9.17, 15) is 19.9 Å². The van der Waals surface area contributed by atoms with Gasteiger partial charge in [-0.25, -0.2) is 4.39 Å². The van der Waals surface area contributed by atoms with Gasteiger partial charge in [0.1, 0.15) is 17.3 Å². The maximum atomic E-state index is 13.0. The van der Waals surface area contributed by atoms with Gasteiger partial charge in [0.05, 0.1) is 29.9 Å². The number of nitrogens with zero attached hydrogens (tertiary/aromatic N) is 2. The van der Waals surface area contributed by atoms with Crippen LogP contribution in [0.15, 0.2) is 72.9 Å². The number of ether oxygens (including phenoxy) is 1. The van der Waals surface area contributed by atoms with Crippen molar-refractivity contribution < 1.29 is 19.3 Å². The molecular weight excluding hydrogens is 407 g/mol. The number of hydrogen-bond donors (Lipinski definition) is 2. The van der Waals surface area contributed by atoms with E-state index in [1.54, 1.807) is 36.4 Å². The van der Waals surface area contributed by atoms with Gasteiger partial charge in [-0.15, -0.1) is 0 Å². The van der Waals surface area contributed by atoms with E-state index in [-0.39, 0.29) is 12.4 Å². The number of hydrogen-bond acceptors (Lipinski definition) is 4. The molecule has 0 saturated heterocycles. The highest BCUT2D eigenvalue weighted by Crippen LogP contribution is 2.29. The molecule has 0 bridgehead atoms. The molecule has 1 heterocycles. The molecule has 1 atom stereocenters. The molecule has 2 N–H and O–H groups in total. The topological polar surface area (TPSA) is 78.4 Å². The van der Waals surface area contributed by atoms with E-state index < -0.39 is 6.10 Å². The molecule has 32 heavy (non-hydrogen) atoms. The van der Waals surface area contributed by atoms with E-state index in [4.69, 9.17) is 4.74 Å². The molecule has 1 unspecified atom stereocenters. The Labute approximate surface area is 186 Å². The number of aliphatic hydroxyl groups excluding tert-OH is 2. The fraction of sp³-hybridized carbons (Fsp3) is 0.192. The van der Waals surface area contributed by atoms with Crippen LogP contribution in [0.1, 0.15) is 25.0 Å². The van der Waals surface area contributed by atoms with Gasteiger partial charge >= 0.3 is 0 Å². The van der Waals surface area contributed by atoms with Crippen molar-refractivity contribution >= 4 is 10.9 Å². The summed E-state index contributed by atoms with van der Waals surface area (Å²) in [5.74, 6) is 0.820. The third-order valence-electron chi connectivity index (χ3n) is 4.85. The van der Waals surface area contributed by atoms with Crippen molar-refractivity contribution in [2.24, 2.45) is 0 Å². The van der Waals surface area contributed by atoms with Gasteiger partial charge in [-0.1, -0.05) is 19.9 Å². The van der Waals surface area contributed by atoms with Gasteiger partial charge in [0.2, 0.25) is 0 Å². The second-order valence-electron chi connectivity index (χ2n) is 6.96. The van der Waals surface area contributed by atoms with Gasteiger partial charge < -0.3 is 19.5 Å². The van der Waals surface area contributed by atoms with E-state index in [1.807, 2.05) is 42.8 Å². The van der Waals surface area contributed by atoms with Crippen LogP contribution in [0.4, 0.5) is 4.39 Å². The average Bonchev–Trinajstić information content (AvgIpc) is 3.19. The SMILES string of the molecule is CC.N#Cc1ccc2c(CC(O)CO)cn(-c3ccc(Oc4ccc(F)cc4)cc3)c2c1. The first kappa shape index (κ1) is 23.0. The molecule has 0 amide bonds. The van der Waals surface area contributed by atoms with Crippen molar-refractivity contribution in [3.63, 3.8) is 0 Å². The monoisotopic (exact) mass is 432 g/mol. The number of aliphatic hydroxyl groups is 2. The molecule has 0 aliphatic carbocycles. The predicted molar refractivity (Wildman–Crippen MR) is 123 cm³/mol. The lowest BCUT2D eigenvalue weighted by molar-refractivity contribution is 0.0957. The number of fused-ring (bicyclic) bond motifs is 1. The molecule has 0 saturated carbocycles. The van der Waals surface area contributed by atoms with Crippen LogP contribution in [-0.4, -0.2) is 27.5 Å². The standard InChI is InChI=1S/C24H19FN2O3.C2H6/c25-18-2-6-21(7-3-18)30-22-8-4-19(5-9-22)27-14-17(12-20(29)15-28)23-10-1-16(13-26)11-24(23)27;1-2/h1-11,14,20,28-29H,12,15H2;1-2H3. The Morgan fingerprint density at radius 1 is 1.00 bits per heavy atom. The summed E-state index contributed by atoms with van der Waals surface area (Å²) >= 11 is 0. The van der Waals surface area contributed by atoms with Crippen LogP contribution >= 0.6 is 0 Å². The van der Waals surface area contributed by atoms with Crippen molar-refractivity contribution in [1.29, 1.82) is 5.26 Å². The highest BCUT2D eigenvalue weighted by Gasteiger charge is 2.14. The second-order valence-corrected chi connectivity index (χ2v) is 6.96. The lowest BCUT2D eigenvalue weighted by Crippen LogP contribution is -2.14. The molecule has 0 aliphatic rings. The maximum Gasteiger partial charge on any atom is 0.127 e. The van der Waals surface area contributed by atoms with Crippen molar-refractivity contribution in [2.45, 2.75) is 26.4 Å². The first-order valence-electron chi connectivity index (χ1n) is 10.4. The van der Waals surface area contributed by atoms with Crippen LogP contribution in [0, 0.1) is 17.1 Å². The number of nitriles is 1. The summed E-state index contributed by atoms with van der Waals surface area (Å²) in [5, 5.41) is 29.3. The Hall–Kier alpha value is -3.66. The average molecular weight is 432 g/mol.